The molecular weight excluding hydrogens is 210 g/mol. The molecule has 3 nitrogen and oxygen atoms in total. The Kier molecular flexibility index (Phi) is 4.83. The van der Waals surface area contributed by atoms with Crippen LogP contribution in [0.2, 0.25) is 0 Å². The molecule has 100 valence electrons. The standard InChI is InChI=1S/C14H29N3/c1-12(2)14(10-15-3)17-9-6-13(11-17)16-7-4-5-8-16/h12-15H,4-11H2,1-3H3. The SMILES string of the molecule is CNCC(C(C)C)N1CCC(N2CCCC2)C1. The predicted molar refractivity (Wildman–Crippen MR) is 73.3 cm³/mol. The van der Waals surface area contributed by atoms with Gasteiger partial charge in [-0.05, 0) is 45.3 Å². The van der Waals surface area contributed by atoms with E-state index in [0.717, 1.165) is 18.5 Å². The Labute approximate surface area is 107 Å². The van der Waals surface area contributed by atoms with Gasteiger partial charge < -0.3 is 5.32 Å². The third kappa shape index (κ3) is 3.21. The molecule has 0 spiro atoms. The molecule has 2 aliphatic heterocycles. The number of likely N-dealkylation sites (N-methyl/N-ethyl adjacent to an activating group) is 1. The Morgan fingerprint density at radius 3 is 2.47 bits per heavy atom. The van der Waals surface area contributed by atoms with Crippen molar-refractivity contribution in [1.29, 1.82) is 0 Å². The highest BCUT2D eigenvalue weighted by Crippen LogP contribution is 2.23. The van der Waals surface area contributed by atoms with E-state index in [2.05, 4.69) is 36.0 Å². The van der Waals surface area contributed by atoms with Gasteiger partial charge in [0, 0.05) is 31.7 Å². The molecule has 0 aliphatic carbocycles. The molecule has 0 saturated carbocycles. The molecule has 3 heteroatoms. The Bertz CT molecular complexity index is 224. The Hall–Kier alpha value is -0.120. The molecule has 2 unspecified atom stereocenters. The van der Waals surface area contributed by atoms with Gasteiger partial charge in [0.2, 0.25) is 0 Å². The molecule has 1 N–H and O–H groups in total. The third-order valence-corrected chi connectivity index (χ3v) is 4.50. The van der Waals surface area contributed by atoms with Crippen molar-refractivity contribution >= 4 is 0 Å². The lowest BCUT2D eigenvalue weighted by molar-refractivity contribution is 0.166. The molecular formula is C14H29N3. The van der Waals surface area contributed by atoms with E-state index in [0.29, 0.717) is 6.04 Å². The summed E-state index contributed by atoms with van der Waals surface area (Å²) < 4.78 is 0. The topological polar surface area (TPSA) is 18.5 Å². The first-order valence-electron chi connectivity index (χ1n) is 7.35. The van der Waals surface area contributed by atoms with Crippen molar-refractivity contribution in [3.8, 4) is 0 Å². The van der Waals surface area contributed by atoms with Crippen LogP contribution in [-0.4, -0.2) is 61.7 Å². The number of rotatable bonds is 5. The van der Waals surface area contributed by atoms with Crippen molar-refractivity contribution in [2.75, 3.05) is 39.8 Å². The van der Waals surface area contributed by atoms with Gasteiger partial charge in [0.25, 0.3) is 0 Å². The van der Waals surface area contributed by atoms with Crippen LogP contribution in [0.25, 0.3) is 0 Å². The van der Waals surface area contributed by atoms with Crippen molar-refractivity contribution < 1.29 is 0 Å². The van der Waals surface area contributed by atoms with Crippen LogP contribution < -0.4 is 5.32 Å². The van der Waals surface area contributed by atoms with Crippen LogP contribution in [0, 0.1) is 5.92 Å². The maximum atomic E-state index is 3.36. The van der Waals surface area contributed by atoms with Gasteiger partial charge >= 0.3 is 0 Å². The molecule has 0 aromatic rings. The summed E-state index contributed by atoms with van der Waals surface area (Å²) in [6.45, 7) is 11.1. The normalized spacial score (nSPS) is 29.3. The first-order chi connectivity index (χ1) is 8.22. The summed E-state index contributed by atoms with van der Waals surface area (Å²) in [5.41, 5.74) is 0. The molecule has 2 saturated heterocycles. The summed E-state index contributed by atoms with van der Waals surface area (Å²) in [6.07, 6.45) is 4.22. The zero-order valence-electron chi connectivity index (χ0n) is 11.8. The average molecular weight is 239 g/mol. The molecule has 2 heterocycles. The van der Waals surface area contributed by atoms with Gasteiger partial charge in [0.05, 0.1) is 0 Å². The molecule has 0 radical (unpaired) electrons. The highest BCUT2D eigenvalue weighted by Gasteiger charge is 2.33. The minimum Gasteiger partial charge on any atom is -0.318 e. The van der Waals surface area contributed by atoms with Crippen molar-refractivity contribution in [1.82, 2.24) is 15.1 Å². The lowest BCUT2D eigenvalue weighted by atomic mass is 10.0. The summed E-state index contributed by atoms with van der Waals surface area (Å²) in [7, 11) is 2.07. The quantitative estimate of drug-likeness (QED) is 0.782. The van der Waals surface area contributed by atoms with E-state index in [-0.39, 0.29) is 0 Å². The van der Waals surface area contributed by atoms with Crippen LogP contribution in [0.4, 0.5) is 0 Å². The Balaban J connectivity index is 1.86. The number of hydrogen-bond acceptors (Lipinski definition) is 3. The van der Waals surface area contributed by atoms with Gasteiger partial charge in [-0.15, -0.1) is 0 Å². The van der Waals surface area contributed by atoms with Gasteiger partial charge in [-0.25, -0.2) is 0 Å². The first kappa shape index (κ1) is 13.3. The van der Waals surface area contributed by atoms with E-state index in [1.165, 1.54) is 45.4 Å². The highest BCUT2D eigenvalue weighted by atomic mass is 15.3. The minimum atomic E-state index is 0.715. The van der Waals surface area contributed by atoms with Crippen molar-refractivity contribution in [2.24, 2.45) is 5.92 Å². The lowest BCUT2D eigenvalue weighted by Crippen LogP contribution is -2.45. The van der Waals surface area contributed by atoms with Gasteiger partial charge in [-0.1, -0.05) is 13.8 Å². The molecule has 2 rings (SSSR count). The number of hydrogen-bond donors (Lipinski definition) is 1. The minimum absolute atomic E-state index is 0.715. The second-order valence-corrected chi connectivity index (χ2v) is 6.05. The fraction of sp³-hybridized carbons (Fsp3) is 1.00. The van der Waals surface area contributed by atoms with Crippen LogP contribution >= 0.6 is 0 Å². The molecule has 17 heavy (non-hydrogen) atoms. The summed E-state index contributed by atoms with van der Waals surface area (Å²) in [6, 6.07) is 1.56. The van der Waals surface area contributed by atoms with E-state index in [1.54, 1.807) is 0 Å². The predicted octanol–water partition coefficient (Wildman–Crippen LogP) is 1.40. The molecule has 0 amide bonds. The second kappa shape index (κ2) is 6.17. The van der Waals surface area contributed by atoms with Crippen LogP contribution in [0.5, 0.6) is 0 Å². The molecule has 2 aliphatic rings. The second-order valence-electron chi connectivity index (χ2n) is 6.05. The Morgan fingerprint density at radius 2 is 1.88 bits per heavy atom. The maximum absolute atomic E-state index is 3.36. The van der Waals surface area contributed by atoms with Crippen molar-refractivity contribution in [3.63, 3.8) is 0 Å². The van der Waals surface area contributed by atoms with E-state index in [4.69, 9.17) is 0 Å². The Morgan fingerprint density at radius 1 is 1.18 bits per heavy atom. The van der Waals surface area contributed by atoms with Crippen LogP contribution in [-0.2, 0) is 0 Å². The van der Waals surface area contributed by atoms with Gasteiger partial charge in [-0.2, -0.15) is 0 Å². The molecule has 2 atom stereocenters. The monoisotopic (exact) mass is 239 g/mol. The maximum Gasteiger partial charge on any atom is 0.0244 e. The van der Waals surface area contributed by atoms with E-state index >= 15 is 0 Å². The van der Waals surface area contributed by atoms with Gasteiger partial charge in [-0.3, -0.25) is 9.80 Å². The summed E-state index contributed by atoms with van der Waals surface area (Å²) in [4.78, 5) is 5.43. The first-order valence-corrected chi connectivity index (χ1v) is 7.35. The number of nitrogens with one attached hydrogen (secondary N) is 1. The third-order valence-electron chi connectivity index (χ3n) is 4.50. The molecule has 0 bridgehead atoms. The zero-order chi connectivity index (χ0) is 12.3. The number of likely N-dealkylation sites (tertiary alicyclic amines) is 2. The number of nitrogens with zero attached hydrogens (tertiary/aromatic N) is 2. The summed E-state index contributed by atoms with van der Waals surface area (Å²) >= 11 is 0. The smallest absolute Gasteiger partial charge is 0.0244 e. The van der Waals surface area contributed by atoms with E-state index in [1.807, 2.05) is 0 Å². The molecule has 0 aromatic heterocycles. The van der Waals surface area contributed by atoms with Crippen LogP contribution in [0.1, 0.15) is 33.1 Å². The largest absolute Gasteiger partial charge is 0.318 e. The summed E-state index contributed by atoms with van der Waals surface area (Å²) in [5, 5.41) is 3.36. The van der Waals surface area contributed by atoms with E-state index in [9.17, 15) is 0 Å². The molecule has 2 fully saturated rings. The fourth-order valence-electron chi connectivity index (χ4n) is 3.47. The van der Waals surface area contributed by atoms with E-state index < -0.39 is 0 Å². The molecule has 0 aromatic carbocycles. The van der Waals surface area contributed by atoms with Crippen LogP contribution in [0.3, 0.4) is 0 Å². The summed E-state index contributed by atoms with van der Waals surface area (Å²) in [5.74, 6) is 0.750. The van der Waals surface area contributed by atoms with Crippen molar-refractivity contribution in [2.45, 2.75) is 45.2 Å². The highest BCUT2D eigenvalue weighted by molar-refractivity contribution is 4.90. The average Bonchev–Trinajstić information content (AvgIpc) is 2.95. The fourth-order valence-corrected chi connectivity index (χ4v) is 3.47. The lowest BCUT2D eigenvalue weighted by Gasteiger charge is -2.32. The van der Waals surface area contributed by atoms with Crippen molar-refractivity contribution in [3.05, 3.63) is 0 Å². The van der Waals surface area contributed by atoms with Gasteiger partial charge in [0.1, 0.15) is 0 Å². The zero-order valence-corrected chi connectivity index (χ0v) is 11.8. The van der Waals surface area contributed by atoms with Crippen LogP contribution in [0.15, 0.2) is 0 Å². The van der Waals surface area contributed by atoms with Gasteiger partial charge in [0.15, 0.2) is 0 Å².